The highest BCUT2D eigenvalue weighted by Gasteiger charge is 2.19. The minimum Gasteiger partial charge on any atom is -0.488 e. The van der Waals surface area contributed by atoms with E-state index in [0.717, 1.165) is 31.8 Å². The summed E-state index contributed by atoms with van der Waals surface area (Å²) in [6, 6.07) is 9.55. The van der Waals surface area contributed by atoms with Gasteiger partial charge in [-0.05, 0) is 30.5 Å². The maximum Gasteiger partial charge on any atom is 0.123 e. The monoisotopic (exact) mass is 264 g/mol. The molecule has 2 rings (SSSR count). The first-order valence-electron chi connectivity index (χ1n) is 6.87. The van der Waals surface area contributed by atoms with Crippen molar-refractivity contribution in [3.63, 3.8) is 0 Å². The molecule has 1 unspecified atom stereocenters. The summed E-state index contributed by atoms with van der Waals surface area (Å²) in [6.07, 6.45) is 2.42. The number of fused-ring (bicyclic) bond motifs is 1. The second kappa shape index (κ2) is 5.89. The number of aryl methyl sites for hydroxylation is 1. The van der Waals surface area contributed by atoms with Crippen LogP contribution in [0, 0.1) is 0 Å². The highest BCUT2D eigenvalue weighted by molar-refractivity contribution is 6.76. The van der Waals surface area contributed by atoms with Gasteiger partial charge in [0.05, 0.1) is 6.61 Å². The van der Waals surface area contributed by atoms with Gasteiger partial charge in [0.25, 0.3) is 0 Å². The van der Waals surface area contributed by atoms with Crippen LogP contribution in [0.25, 0.3) is 0 Å². The van der Waals surface area contributed by atoms with Gasteiger partial charge >= 0.3 is 0 Å². The Morgan fingerprint density at radius 1 is 1.28 bits per heavy atom. The number of benzene rings is 1. The van der Waals surface area contributed by atoms with Gasteiger partial charge in [0.15, 0.2) is 0 Å². The standard InChI is InChI=1S/C15H24O2Si/c1-18(2,3)11-10-16-12-14-9-8-13-6-4-5-7-15(13)17-14/h4-7,14H,8-12H2,1-3H3. The average Bonchev–Trinajstić information content (AvgIpc) is 2.33. The van der Waals surface area contributed by atoms with Crippen LogP contribution >= 0.6 is 0 Å². The maximum absolute atomic E-state index is 5.95. The lowest BCUT2D eigenvalue weighted by Gasteiger charge is -2.26. The molecule has 0 radical (unpaired) electrons. The van der Waals surface area contributed by atoms with Crippen molar-refractivity contribution in [1.29, 1.82) is 0 Å². The number of para-hydroxylation sites is 1. The zero-order valence-electron chi connectivity index (χ0n) is 11.7. The van der Waals surface area contributed by atoms with Crippen LogP contribution in [0.5, 0.6) is 5.75 Å². The summed E-state index contributed by atoms with van der Waals surface area (Å²) in [6.45, 7) is 8.76. The van der Waals surface area contributed by atoms with E-state index < -0.39 is 8.07 Å². The van der Waals surface area contributed by atoms with E-state index in [4.69, 9.17) is 9.47 Å². The normalized spacial score (nSPS) is 19.2. The third-order valence-corrected chi connectivity index (χ3v) is 5.01. The van der Waals surface area contributed by atoms with E-state index in [2.05, 4.69) is 37.8 Å². The van der Waals surface area contributed by atoms with Crippen LogP contribution in [0.1, 0.15) is 12.0 Å². The fraction of sp³-hybridized carbons (Fsp3) is 0.600. The lowest BCUT2D eigenvalue weighted by molar-refractivity contribution is 0.0455. The van der Waals surface area contributed by atoms with Crippen molar-refractivity contribution in [3.05, 3.63) is 29.8 Å². The van der Waals surface area contributed by atoms with Gasteiger partial charge in [-0.3, -0.25) is 0 Å². The highest BCUT2D eigenvalue weighted by Crippen LogP contribution is 2.27. The molecule has 1 aromatic rings. The summed E-state index contributed by atoms with van der Waals surface area (Å²) in [5.41, 5.74) is 1.33. The molecule has 0 N–H and O–H groups in total. The Morgan fingerprint density at radius 3 is 2.83 bits per heavy atom. The molecule has 1 atom stereocenters. The molecular weight excluding hydrogens is 240 g/mol. The van der Waals surface area contributed by atoms with Gasteiger partial charge in [0, 0.05) is 14.7 Å². The summed E-state index contributed by atoms with van der Waals surface area (Å²) < 4.78 is 11.7. The largest absolute Gasteiger partial charge is 0.488 e. The van der Waals surface area contributed by atoms with Gasteiger partial charge in [-0.1, -0.05) is 37.8 Å². The van der Waals surface area contributed by atoms with E-state index in [1.807, 2.05) is 6.07 Å². The predicted octanol–water partition coefficient (Wildman–Crippen LogP) is 3.74. The molecule has 1 aromatic carbocycles. The van der Waals surface area contributed by atoms with E-state index >= 15 is 0 Å². The van der Waals surface area contributed by atoms with Crippen LogP contribution in [0.2, 0.25) is 25.7 Å². The van der Waals surface area contributed by atoms with Crippen LogP contribution in [0.15, 0.2) is 24.3 Å². The predicted molar refractivity (Wildman–Crippen MR) is 78.2 cm³/mol. The van der Waals surface area contributed by atoms with Gasteiger partial charge in [0.1, 0.15) is 11.9 Å². The van der Waals surface area contributed by atoms with Crippen molar-refractivity contribution in [1.82, 2.24) is 0 Å². The zero-order chi connectivity index (χ0) is 13.0. The Hall–Kier alpha value is -0.803. The van der Waals surface area contributed by atoms with Crippen LogP contribution in [-0.4, -0.2) is 27.4 Å². The summed E-state index contributed by atoms with van der Waals surface area (Å²) in [4.78, 5) is 0. The molecule has 1 aliphatic rings. The van der Waals surface area contributed by atoms with E-state index in [-0.39, 0.29) is 6.10 Å². The van der Waals surface area contributed by atoms with Crippen molar-refractivity contribution in [2.45, 2.75) is 44.6 Å². The van der Waals surface area contributed by atoms with Crippen LogP contribution in [0.4, 0.5) is 0 Å². The van der Waals surface area contributed by atoms with Gasteiger partial charge in [-0.2, -0.15) is 0 Å². The van der Waals surface area contributed by atoms with Crippen molar-refractivity contribution in [2.24, 2.45) is 0 Å². The smallest absolute Gasteiger partial charge is 0.123 e. The second-order valence-corrected chi connectivity index (χ2v) is 11.9. The minimum atomic E-state index is -0.967. The van der Waals surface area contributed by atoms with E-state index in [9.17, 15) is 0 Å². The number of hydrogen-bond donors (Lipinski definition) is 0. The van der Waals surface area contributed by atoms with Crippen molar-refractivity contribution < 1.29 is 9.47 Å². The Kier molecular flexibility index (Phi) is 4.46. The Bertz CT molecular complexity index is 384. The maximum atomic E-state index is 5.95. The van der Waals surface area contributed by atoms with Crippen molar-refractivity contribution in [2.75, 3.05) is 13.2 Å². The SMILES string of the molecule is C[Si](C)(C)CCOCC1CCc2ccccc2O1. The Balaban J connectivity index is 1.73. The molecule has 0 aliphatic carbocycles. The van der Waals surface area contributed by atoms with Crippen molar-refractivity contribution >= 4 is 8.07 Å². The first-order chi connectivity index (χ1) is 8.54. The first kappa shape index (κ1) is 13.6. The van der Waals surface area contributed by atoms with E-state index in [1.165, 1.54) is 11.6 Å². The first-order valence-corrected chi connectivity index (χ1v) is 10.6. The van der Waals surface area contributed by atoms with Gasteiger partial charge in [-0.15, -0.1) is 0 Å². The molecule has 0 bridgehead atoms. The zero-order valence-corrected chi connectivity index (χ0v) is 12.7. The molecule has 0 fully saturated rings. The molecule has 18 heavy (non-hydrogen) atoms. The van der Waals surface area contributed by atoms with Crippen LogP contribution in [0.3, 0.4) is 0 Å². The van der Waals surface area contributed by atoms with E-state index in [0.29, 0.717) is 0 Å². The van der Waals surface area contributed by atoms with Gasteiger partial charge in [0.2, 0.25) is 0 Å². The summed E-state index contributed by atoms with van der Waals surface area (Å²) in [7, 11) is -0.967. The molecule has 0 saturated carbocycles. The fourth-order valence-corrected chi connectivity index (χ4v) is 2.85. The molecule has 2 nitrogen and oxygen atoms in total. The van der Waals surface area contributed by atoms with Crippen molar-refractivity contribution in [3.8, 4) is 5.75 Å². The molecule has 0 saturated heterocycles. The lowest BCUT2D eigenvalue weighted by Crippen LogP contribution is -2.29. The lowest BCUT2D eigenvalue weighted by atomic mass is 10.0. The molecule has 0 amide bonds. The summed E-state index contributed by atoms with van der Waals surface area (Å²) in [5, 5.41) is 0. The molecule has 1 heterocycles. The number of rotatable bonds is 5. The second-order valence-electron chi connectivity index (χ2n) is 6.27. The third-order valence-electron chi connectivity index (χ3n) is 3.30. The third kappa shape index (κ3) is 4.14. The Labute approximate surface area is 111 Å². The minimum absolute atomic E-state index is 0.238. The molecule has 0 aromatic heterocycles. The topological polar surface area (TPSA) is 18.5 Å². The molecule has 3 heteroatoms. The molecule has 1 aliphatic heterocycles. The fourth-order valence-electron chi connectivity index (χ4n) is 2.09. The quantitative estimate of drug-likeness (QED) is 0.596. The number of ether oxygens (including phenoxy) is 2. The summed E-state index contributed by atoms with van der Waals surface area (Å²) >= 11 is 0. The van der Waals surface area contributed by atoms with Crippen LogP contribution < -0.4 is 4.74 Å². The van der Waals surface area contributed by atoms with Crippen LogP contribution in [-0.2, 0) is 11.2 Å². The Morgan fingerprint density at radius 2 is 2.06 bits per heavy atom. The number of hydrogen-bond acceptors (Lipinski definition) is 2. The summed E-state index contributed by atoms with van der Waals surface area (Å²) in [5.74, 6) is 1.04. The highest BCUT2D eigenvalue weighted by atomic mass is 28.3. The van der Waals surface area contributed by atoms with Gasteiger partial charge in [-0.25, -0.2) is 0 Å². The average molecular weight is 264 g/mol. The van der Waals surface area contributed by atoms with Gasteiger partial charge < -0.3 is 9.47 Å². The molecular formula is C15H24O2Si. The van der Waals surface area contributed by atoms with E-state index in [1.54, 1.807) is 0 Å². The molecule has 0 spiro atoms. The molecule has 100 valence electrons.